The fourth-order valence-electron chi connectivity index (χ4n) is 0.872. The average Bonchev–Trinajstić information content (AvgIpc) is 2.19. The molecule has 1 aromatic carbocycles. The molecule has 1 rings (SSSR count). The van der Waals surface area contributed by atoms with Crippen molar-refractivity contribution in [1.82, 2.24) is 0 Å². The fraction of sp³-hybridized carbons (Fsp3) is 0.182. The standard InChI is InChI=1S/C11H11NO2/c12-10(11(13)14)8-4-7-9-5-2-1-3-6-9/h1-3,5-6,10H,8,12H2,(H,13,14)/t10-/m0/s1. The van der Waals surface area contributed by atoms with E-state index in [-0.39, 0.29) is 6.42 Å². The molecule has 3 nitrogen and oxygen atoms in total. The summed E-state index contributed by atoms with van der Waals surface area (Å²) < 4.78 is 0. The van der Waals surface area contributed by atoms with Crippen molar-refractivity contribution < 1.29 is 9.90 Å². The molecule has 0 saturated heterocycles. The molecular formula is C11H11NO2. The summed E-state index contributed by atoms with van der Waals surface area (Å²) in [7, 11) is 0. The van der Waals surface area contributed by atoms with Crippen LogP contribution in [-0.2, 0) is 4.79 Å². The number of hydrogen-bond donors (Lipinski definition) is 2. The largest absolute Gasteiger partial charge is 0.480 e. The molecule has 0 bridgehead atoms. The summed E-state index contributed by atoms with van der Waals surface area (Å²) in [6.45, 7) is 0. The van der Waals surface area contributed by atoms with Crippen LogP contribution >= 0.6 is 0 Å². The van der Waals surface area contributed by atoms with E-state index in [0.29, 0.717) is 0 Å². The van der Waals surface area contributed by atoms with Gasteiger partial charge in [0.25, 0.3) is 0 Å². The van der Waals surface area contributed by atoms with Gasteiger partial charge >= 0.3 is 5.97 Å². The SMILES string of the molecule is N[C@@H](CC#Cc1ccccc1)C(=O)O. The van der Waals surface area contributed by atoms with Crippen molar-refractivity contribution in [3.8, 4) is 11.8 Å². The number of carbonyl (C=O) groups is 1. The molecule has 0 aliphatic rings. The third kappa shape index (κ3) is 3.30. The summed E-state index contributed by atoms with van der Waals surface area (Å²) in [5.41, 5.74) is 6.14. The molecule has 3 heteroatoms. The Bertz CT molecular complexity index is 362. The molecule has 3 N–H and O–H groups in total. The number of carboxylic acids is 1. The van der Waals surface area contributed by atoms with E-state index in [1.807, 2.05) is 30.3 Å². The van der Waals surface area contributed by atoms with Crippen LogP contribution in [0.1, 0.15) is 12.0 Å². The van der Waals surface area contributed by atoms with Gasteiger partial charge in [0, 0.05) is 12.0 Å². The molecule has 0 fully saturated rings. The first-order valence-corrected chi connectivity index (χ1v) is 4.22. The topological polar surface area (TPSA) is 63.3 Å². The van der Waals surface area contributed by atoms with Gasteiger partial charge in [0.15, 0.2) is 0 Å². The molecule has 0 aliphatic heterocycles. The number of carboxylic acid groups (broad SMARTS) is 1. The van der Waals surface area contributed by atoms with Gasteiger partial charge in [0.05, 0.1) is 0 Å². The summed E-state index contributed by atoms with van der Waals surface area (Å²) in [6, 6.07) is 8.47. The van der Waals surface area contributed by atoms with E-state index in [2.05, 4.69) is 11.8 Å². The Morgan fingerprint density at radius 2 is 2.07 bits per heavy atom. The molecule has 0 aliphatic carbocycles. The number of rotatable bonds is 2. The molecule has 0 unspecified atom stereocenters. The van der Waals surface area contributed by atoms with Crippen molar-refractivity contribution in [3.63, 3.8) is 0 Å². The zero-order valence-electron chi connectivity index (χ0n) is 7.60. The predicted molar refractivity (Wildman–Crippen MR) is 53.5 cm³/mol. The highest BCUT2D eigenvalue weighted by Crippen LogP contribution is 1.95. The van der Waals surface area contributed by atoms with Gasteiger partial charge in [-0.2, -0.15) is 0 Å². The Morgan fingerprint density at radius 1 is 1.43 bits per heavy atom. The van der Waals surface area contributed by atoms with Gasteiger partial charge in [-0.1, -0.05) is 30.0 Å². The minimum atomic E-state index is -1.02. The molecule has 14 heavy (non-hydrogen) atoms. The third-order valence-corrected chi connectivity index (χ3v) is 1.65. The molecule has 1 atom stereocenters. The second-order valence-corrected chi connectivity index (χ2v) is 2.82. The van der Waals surface area contributed by atoms with Crippen LogP contribution < -0.4 is 5.73 Å². The van der Waals surface area contributed by atoms with E-state index in [0.717, 1.165) is 5.56 Å². The Balaban J connectivity index is 2.53. The van der Waals surface area contributed by atoms with Crippen molar-refractivity contribution in [2.75, 3.05) is 0 Å². The molecule has 0 amide bonds. The third-order valence-electron chi connectivity index (χ3n) is 1.65. The van der Waals surface area contributed by atoms with E-state index in [4.69, 9.17) is 10.8 Å². The lowest BCUT2D eigenvalue weighted by Gasteiger charge is -1.97. The molecule has 0 radical (unpaired) electrons. The van der Waals surface area contributed by atoms with Crippen molar-refractivity contribution in [2.24, 2.45) is 5.73 Å². The molecular weight excluding hydrogens is 178 g/mol. The highest BCUT2D eigenvalue weighted by molar-refractivity contribution is 5.73. The lowest BCUT2D eigenvalue weighted by molar-refractivity contribution is -0.138. The lowest BCUT2D eigenvalue weighted by atomic mass is 10.2. The van der Waals surface area contributed by atoms with Crippen LogP contribution in [0.5, 0.6) is 0 Å². The molecule has 0 heterocycles. The van der Waals surface area contributed by atoms with Crippen LogP contribution in [0.3, 0.4) is 0 Å². The minimum absolute atomic E-state index is 0.171. The van der Waals surface area contributed by atoms with Crippen LogP contribution in [0.4, 0.5) is 0 Å². The Hall–Kier alpha value is -1.79. The summed E-state index contributed by atoms with van der Waals surface area (Å²) in [4.78, 5) is 10.3. The maximum atomic E-state index is 10.3. The number of aliphatic carboxylic acids is 1. The van der Waals surface area contributed by atoms with Crippen molar-refractivity contribution in [3.05, 3.63) is 35.9 Å². The van der Waals surface area contributed by atoms with Crippen LogP contribution in [0.2, 0.25) is 0 Å². The second-order valence-electron chi connectivity index (χ2n) is 2.82. The van der Waals surface area contributed by atoms with Crippen molar-refractivity contribution in [1.29, 1.82) is 0 Å². The van der Waals surface area contributed by atoms with Crippen molar-refractivity contribution >= 4 is 5.97 Å². The van der Waals surface area contributed by atoms with Gasteiger partial charge in [-0.05, 0) is 12.1 Å². The quantitative estimate of drug-likeness (QED) is 0.677. The van der Waals surface area contributed by atoms with Gasteiger partial charge in [0.1, 0.15) is 6.04 Å². The highest BCUT2D eigenvalue weighted by Gasteiger charge is 2.07. The number of benzene rings is 1. The zero-order chi connectivity index (χ0) is 10.4. The van der Waals surface area contributed by atoms with Gasteiger partial charge in [-0.15, -0.1) is 0 Å². The summed E-state index contributed by atoms with van der Waals surface area (Å²) in [5.74, 6) is 4.54. The van der Waals surface area contributed by atoms with Gasteiger partial charge < -0.3 is 10.8 Å². The second kappa shape index (κ2) is 5.05. The molecule has 0 saturated carbocycles. The maximum Gasteiger partial charge on any atom is 0.321 e. The smallest absolute Gasteiger partial charge is 0.321 e. The normalized spacial score (nSPS) is 11.2. The van der Waals surface area contributed by atoms with Crippen LogP contribution in [-0.4, -0.2) is 17.1 Å². The van der Waals surface area contributed by atoms with E-state index in [1.165, 1.54) is 0 Å². The van der Waals surface area contributed by atoms with Crippen LogP contribution in [0.15, 0.2) is 30.3 Å². The molecule has 1 aromatic rings. The number of hydrogen-bond acceptors (Lipinski definition) is 2. The summed E-state index contributed by atoms with van der Waals surface area (Å²) in [5, 5.41) is 8.49. The van der Waals surface area contributed by atoms with Gasteiger partial charge in [-0.3, -0.25) is 4.79 Å². The molecule has 72 valence electrons. The van der Waals surface area contributed by atoms with Gasteiger partial charge in [0.2, 0.25) is 0 Å². The zero-order valence-corrected chi connectivity index (χ0v) is 7.60. The van der Waals surface area contributed by atoms with E-state index >= 15 is 0 Å². The summed E-state index contributed by atoms with van der Waals surface area (Å²) >= 11 is 0. The first-order valence-electron chi connectivity index (χ1n) is 4.22. The Kier molecular flexibility index (Phi) is 3.71. The Labute approximate surface area is 82.6 Å². The maximum absolute atomic E-state index is 10.3. The van der Waals surface area contributed by atoms with Crippen molar-refractivity contribution in [2.45, 2.75) is 12.5 Å². The number of nitrogens with two attached hydrogens (primary N) is 1. The van der Waals surface area contributed by atoms with Crippen LogP contribution in [0.25, 0.3) is 0 Å². The van der Waals surface area contributed by atoms with E-state index in [1.54, 1.807) is 0 Å². The fourth-order valence-corrected chi connectivity index (χ4v) is 0.872. The van der Waals surface area contributed by atoms with E-state index < -0.39 is 12.0 Å². The molecule has 0 spiro atoms. The minimum Gasteiger partial charge on any atom is -0.480 e. The highest BCUT2D eigenvalue weighted by atomic mass is 16.4. The molecule has 0 aromatic heterocycles. The average molecular weight is 189 g/mol. The van der Waals surface area contributed by atoms with E-state index in [9.17, 15) is 4.79 Å². The predicted octanol–water partition coefficient (Wildman–Crippen LogP) is 0.840. The first kappa shape index (κ1) is 10.3. The Morgan fingerprint density at radius 3 is 2.64 bits per heavy atom. The van der Waals surface area contributed by atoms with Gasteiger partial charge in [-0.25, -0.2) is 0 Å². The lowest BCUT2D eigenvalue weighted by Crippen LogP contribution is -2.29. The monoisotopic (exact) mass is 189 g/mol. The van der Waals surface area contributed by atoms with Crippen LogP contribution in [0, 0.1) is 11.8 Å². The first-order chi connectivity index (χ1) is 6.70. The summed E-state index contributed by atoms with van der Waals surface area (Å²) in [6.07, 6.45) is 0.171.